The first-order valence-electron chi connectivity index (χ1n) is 8.54. The Morgan fingerprint density at radius 2 is 1.63 bits per heavy atom. The molecule has 3 aromatic rings. The number of rotatable bonds is 4. The van der Waals surface area contributed by atoms with Crippen LogP contribution in [-0.2, 0) is 0 Å². The van der Waals surface area contributed by atoms with Crippen LogP contribution < -0.4 is 5.01 Å². The molecule has 0 saturated carbocycles. The highest BCUT2D eigenvalue weighted by atomic mass is 35.5. The normalized spacial score (nSPS) is 16.3. The first kappa shape index (κ1) is 17.2. The van der Waals surface area contributed by atoms with E-state index in [2.05, 4.69) is 0 Å². The van der Waals surface area contributed by atoms with E-state index in [0.717, 1.165) is 28.9 Å². The number of hydrazone groups is 1. The summed E-state index contributed by atoms with van der Waals surface area (Å²) in [5.41, 5.74) is 4.02. The molecule has 6 heteroatoms. The van der Waals surface area contributed by atoms with E-state index in [1.807, 2.05) is 59.6 Å². The Morgan fingerprint density at radius 1 is 0.963 bits per heavy atom. The number of anilines is 1. The maximum atomic E-state index is 10.9. The Morgan fingerprint density at radius 3 is 2.26 bits per heavy atom. The van der Waals surface area contributed by atoms with Crippen molar-refractivity contribution < 1.29 is 4.92 Å². The van der Waals surface area contributed by atoms with Crippen LogP contribution in [0.15, 0.2) is 84.0 Å². The van der Waals surface area contributed by atoms with Gasteiger partial charge in [-0.3, -0.25) is 15.1 Å². The van der Waals surface area contributed by atoms with Crippen molar-refractivity contribution in [3.63, 3.8) is 0 Å². The van der Waals surface area contributed by atoms with Crippen molar-refractivity contribution in [2.75, 3.05) is 5.01 Å². The van der Waals surface area contributed by atoms with Gasteiger partial charge in [0.05, 0.1) is 22.4 Å². The highest BCUT2D eigenvalue weighted by Crippen LogP contribution is 2.37. The van der Waals surface area contributed by atoms with Gasteiger partial charge in [0, 0.05) is 23.6 Å². The average Bonchev–Trinajstić information content (AvgIpc) is 3.15. The third-order valence-electron chi connectivity index (χ3n) is 4.60. The molecule has 1 unspecified atom stereocenters. The van der Waals surface area contributed by atoms with E-state index in [-0.39, 0.29) is 11.7 Å². The first-order chi connectivity index (χ1) is 13.1. The summed E-state index contributed by atoms with van der Waals surface area (Å²) in [6.07, 6.45) is 0.739. The van der Waals surface area contributed by atoms with Gasteiger partial charge in [-0.25, -0.2) is 0 Å². The third kappa shape index (κ3) is 3.55. The van der Waals surface area contributed by atoms with Crippen molar-refractivity contribution in [3.8, 4) is 0 Å². The van der Waals surface area contributed by atoms with Crippen LogP contribution in [0.2, 0.25) is 5.02 Å². The SMILES string of the molecule is O=[N+]([O-])c1ccc(N2N=C(c3ccccc3)CC2c2ccc(Cl)cc2)cc1. The fourth-order valence-corrected chi connectivity index (χ4v) is 3.35. The molecule has 0 spiro atoms. The second-order valence-corrected chi connectivity index (χ2v) is 6.74. The van der Waals surface area contributed by atoms with Crippen LogP contribution in [0.5, 0.6) is 0 Å². The Bertz CT molecular complexity index is 986. The van der Waals surface area contributed by atoms with Gasteiger partial charge in [0.2, 0.25) is 0 Å². The summed E-state index contributed by atoms with van der Waals surface area (Å²) in [4.78, 5) is 10.5. The van der Waals surface area contributed by atoms with E-state index in [4.69, 9.17) is 16.7 Å². The Hall–Kier alpha value is -3.18. The fourth-order valence-electron chi connectivity index (χ4n) is 3.23. The second-order valence-electron chi connectivity index (χ2n) is 6.30. The molecule has 0 aliphatic carbocycles. The van der Waals surface area contributed by atoms with Crippen LogP contribution in [0.1, 0.15) is 23.6 Å². The molecule has 0 fully saturated rings. The maximum Gasteiger partial charge on any atom is 0.269 e. The average molecular weight is 378 g/mol. The van der Waals surface area contributed by atoms with E-state index in [0.29, 0.717) is 5.02 Å². The van der Waals surface area contributed by atoms with Crippen molar-refractivity contribution in [2.24, 2.45) is 5.10 Å². The Labute approximate surface area is 161 Å². The molecule has 1 aliphatic rings. The summed E-state index contributed by atoms with van der Waals surface area (Å²) < 4.78 is 0. The molecule has 134 valence electrons. The van der Waals surface area contributed by atoms with Gasteiger partial charge in [0.25, 0.3) is 5.69 Å². The minimum absolute atomic E-state index is 0.000992. The fraction of sp³-hybridized carbons (Fsp3) is 0.0952. The minimum atomic E-state index is -0.400. The molecular formula is C21H16ClN3O2. The van der Waals surface area contributed by atoms with Crippen LogP contribution in [0.4, 0.5) is 11.4 Å². The molecular weight excluding hydrogens is 362 g/mol. The number of non-ortho nitro benzene ring substituents is 1. The lowest BCUT2D eigenvalue weighted by Crippen LogP contribution is -2.18. The number of nitrogens with zero attached hydrogens (tertiary/aromatic N) is 3. The van der Waals surface area contributed by atoms with Gasteiger partial charge in [0.15, 0.2) is 0 Å². The third-order valence-corrected chi connectivity index (χ3v) is 4.85. The van der Waals surface area contributed by atoms with Crippen LogP contribution in [0, 0.1) is 10.1 Å². The smallest absolute Gasteiger partial charge is 0.258 e. The molecule has 5 nitrogen and oxygen atoms in total. The highest BCUT2D eigenvalue weighted by molar-refractivity contribution is 6.30. The molecule has 1 aliphatic heterocycles. The molecule has 0 bridgehead atoms. The zero-order valence-corrected chi connectivity index (χ0v) is 15.1. The number of halogens is 1. The molecule has 0 N–H and O–H groups in total. The lowest BCUT2D eigenvalue weighted by atomic mass is 9.98. The topological polar surface area (TPSA) is 58.7 Å². The number of benzene rings is 3. The maximum absolute atomic E-state index is 10.9. The van der Waals surface area contributed by atoms with Crippen LogP contribution in [0.3, 0.4) is 0 Å². The number of hydrogen-bond donors (Lipinski definition) is 0. The monoisotopic (exact) mass is 377 g/mol. The zero-order chi connectivity index (χ0) is 18.8. The molecule has 1 heterocycles. The summed E-state index contributed by atoms with van der Waals surface area (Å²) in [5.74, 6) is 0. The van der Waals surface area contributed by atoms with Crippen LogP contribution >= 0.6 is 11.6 Å². The van der Waals surface area contributed by atoms with Crippen LogP contribution in [0.25, 0.3) is 0 Å². The summed E-state index contributed by atoms with van der Waals surface area (Å²) in [6, 6.07) is 24.2. The largest absolute Gasteiger partial charge is 0.269 e. The zero-order valence-electron chi connectivity index (χ0n) is 14.3. The predicted octanol–water partition coefficient (Wildman–Crippen LogP) is 5.60. The molecule has 0 saturated heterocycles. The molecule has 3 aromatic carbocycles. The molecule has 1 atom stereocenters. The van der Waals surface area contributed by atoms with Crippen molar-refractivity contribution >= 4 is 28.7 Å². The molecule has 0 radical (unpaired) electrons. The number of nitro groups is 1. The predicted molar refractivity (Wildman–Crippen MR) is 107 cm³/mol. The molecule has 27 heavy (non-hydrogen) atoms. The molecule has 0 amide bonds. The van der Waals surface area contributed by atoms with E-state index in [9.17, 15) is 10.1 Å². The second kappa shape index (κ2) is 7.21. The van der Waals surface area contributed by atoms with E-state index in [1.54, 1.807) is 12.1 Å². The van der Waals surface area contributed by atoms with Crippen molar-refractivity contribution in [2.45, 2.75) is 12.5 Å². The summed E-state index contributed by atoms with van der Waals surface area (Å²) >= 11 is 6.04. The summed E-state index contributed by atoms with van der Waals surface area (Å²) in [5, 5.41) is 18.4. The standard InChI is InChI=1S/C21H16ClN3O2/c22-17-8-6-16(7-9-17)21-14-20(15-4-2-1-3-5-15)23-24(21)18-10-12-19(13-11-18)25(26)27/h1-13,21H,14H2. The number of nitro benzene ring substituents is 1. The Balaban J connectivity index is 1.73. The highest BCUT2D eigenvalue weighted by Gasteiger charge is 2.30. The van der Waals surface area contributed by atoms with E-state index in [1.165, 1.54) is 12.1 Å². The van der Waals surface area contributed by atoms with Gasteiger partial charge in [-0.2, -0.15) is 5.10 Å². The molecule has 4 rings (SSSR count). The quantitative estimate of drug-likeness (QED) is 0.439. The van der Waals surface area contributed by atoms with Crippen molar-refractivity contribution in [3.05, 3.63) is 105 Å². The van der Waals surface area contributed by atoms with Gasteiger partial charge < -0.3 is 0 Å². The van der Waals surface area contributed by atoms with Crippen molar-refractivity contribution in [1.82, 2.24) is 0 Å². The minimum Gasteiger partial charge on any atom is -0.258 e. The van der Waals surface area contributed by atoms with Gasteiger partial charge >= 0.3 is 0 Å². The molecule has 0 aromatic heterocycles. The van der Waals surface area contributed by atoms with Crippen LogP contribution in [-0.4, -0.2) is 10.6 Å². The Kier molecular flexibility index (Phi) is 4.60. The summed E-state index contributed by atoms with van der Waals surface area (Å²) in [6.45, 7) is 0. The van der Waals surface area contributed by atoms with Gasteiger partial charge in [-0.1, -0.05) is 54.1 Å². The van der Waals surface area contributed by atoms with Gasteiger partial charge in [-0.15, -0.1) is 0 Å². The van der Waals surface area contributed by atoms with Gasteiger partial charge in [0.1, 0.15) is 0 Å². The van der Waals surface area contributed by atoms with E-state index < -0.39 is 4.92 Å². The van der Waals surface area contributed by atoms with Crippen molar-refractivity contribution in [1.29, 1.82) is 0 Å². The summed E-state index contributed by atoms with van der Waals surface area (Å²) in [7, 11) is 0. The lowest BCUT2D eigenvalue weighted by molar-refractivity contribution is -0.384. The van der Waals surface area contributed by atoms with E-state index >= 15 is 0 Å². The lowest BCUT2D eigenvalue weighted by Gasteiger charge is -2.24. The number of hydrogen-bond acceptors (Lipinski definition) is 4. The van der Waals surface area contributed by atoms with Gasteiger partial charge in [-0.05, 0) is 35.4 Å². The first-order valence-corrected chi connectivity index (χ1v) is 8.92.